The van der Waals surface area contributed by atoms with Gasteiger partial charge in [-0.1, -0.05) is 12.6 Å². The number of fused-ring (bicyclic) bond motifs is 1. The quantitative estimate of drug-likeness (QED) is 0.477. The minimum atomic E-state index is -0.701. The fourth-order valence-electron chi connectivity index (χ4n) is 1.78. The second kappa shape index (κ2) is 6.13. The maximum absolute atomic E-state index is 11.8. The molecule has 0 N–H and O–H groups in total. The molecule has 0 atom stereocenters. The minimum Gasteiger partial charge on any atom is -0.465 e. The fourth-order valence-corrected chi connectivity index (χ4v) is 1.78. The SMILES string of the molecule is C=C(C(=O)OC)/C(=C\c1ccc2c(c1)OCO2)C(=O)OC. The normalized spacial score (nSPS) is 12.8. The molecule has 0 spiro atoms. The van der Waals surface area contributed by atoms with Crippen LogP contribution in [-0.4, -0.2) is 33.0 Å². The van der Waals surface area contributed by atoms with E-state index in [0.29, 0.717) is 17.1 Å². The third-order valence-electron chi connectivity index (χ3n) is 2.87. The molecule has 0 saturated carbocycles. The van der Waals surface area contributed by atoms with Gasteiger partial charge in [0.2, 0.25) is 6.79 Å². The van der Waals surface area contributed by atoms with E-state index in [1.165, 1.54) is 20.3 Å². The molecule has 110 valence electrons. The summed E-state index contributed by atoms with van der Waals surface area (Å²) in [5, 5.41) is 0. The molecular weight excluding hydrogens is 276 g/mol. The molecule has 1 aromatic carbocycles. The maximum Gasteiger partial charge on any atom is 0.338 e. The first kappa shape index (κ1) is 14.6. The third kappa shape index (κ3) is 3.05. The van der Waals surface area contributed by atoms with Crippen LogP contribution in [-0.2, 0) is 19.1 Å². The minimum absolute atomic E-state index is 0.0169. The number of hydrogen-bond donors (Lipinski definition) is 0. The summed E-state index contributed by atoms with van der Waals surface area (Å²) in [7, 11) is 2.43. The van der Waals surface area contributed by atoms with E-state index in [1.807, 2.05) is 0 Å². The smallest absolute Gasteiger partial charge is 0.338 e. The summed E-state index contributed by atoms with van der Waals surface area (Å²) in [5.74, 6) is -0.189. The zero-order chi connectivity index (χ0) is 15.4. The number of hydrogen-bond acceptors (Lipinski definition) is 6. The van der Waals surface area contributed by atoms with Crippen LogP contribution in [0.4, 0.5) is 0 Å². The van der Waals surface area contributed by atoms with E-state index in [4.69, 9.17) is 9.47 Å². The van der Waals surface area contributed by atoms with Crippen molar-refractivity contribution in [1.82, 2.24) is 0 Å². The average Bonchev–Trinajstić information content (AvgIpc) is 2.97. The second-order valence-corrected chi connectivity index (χ2v) is 4.13. The zero-order valence-electron chi connectivity index (χ0n) is 11.7. The molecular formula is C15H14O6. The van der Waals surface area contributed by atoms with E-state index in [-0.39, 0.29) is 17.9 Å². The Morgan fingerprint density at radius 1 is 1.14 bits per heavy atom. The van der Waals surface area contributed by atoms with Gasteiger partial charge in [-0.2, -0.15) is 0 Å². The van der Waals surface area contributed by atoms with E-state index < -0.39 is 11.9 Å². The third-order valence-corrected chi connectivity index (χ3v) is 2.87. The van der Waals surface area contributed by atoms with Crippen LogP contribution in [0.5, 0.6) is 11.5 Å². The number of carbonyl (C=O) groups is 2. The lowest BCUT2D eigenvalue weighted by atomic mass is 10.0. The average molecular weight is 290 g/mol. The molecule has 1 aromatic rings. The summed E-state index contributed by atoms with van der Waals surface area (Å²) in [4.78, 5) is 23.3. The van der Waals surface area contributed by atoms with Crippen LogP contribution in [0.1, 0.15) is 5.56 Å². The molecule has 0 radical (unpaired) electrons. The molecule has 1 aliphatic rings. The highest BCUT2D eigenvalue weighted by molar-refractivity contribution is 6.09. The van der Waals surface area contributed by atoms with Gasteiger partial charge < -0.3 is 18.9 Å². The van der Waals surface area contributed by atoms with Crippen molar-refractivity contribution in [3.05, 3.63) is 41.5 Å². The number of carbonyl (C=O) groups excluding carboxylic acids is 2. The van der Waals surface area contributed by atoms with Gasteiger partial charge in [-0.15, -0.1) is 0 Å². The summed E-state index contributed by atoms with van der Waals surface area (Å²) in [6, 6.07) is 5.13. The van der Waals surface area contributed by atoms with Crippen LogP contribution < -0.4 is 9.47 Å². The van der Waals surface area contributed by atoms with Crippen LogP contribution in [0.3, 0.4) is 0 Å². The lowest BCUT2D eigenvalue weighted by Crippen LogP contribution is -2.14. The molecule has 0 aliphatic carbocycles. The number of ether oxygens (including phenoxy) is 4. The van der Waals surface area contributed by atoms with Crippen molar-refractivity contribution >= 4 is 18.0 Å². The summed E-state index contributed by atoms with van der Waals surface area (Å²) < 4.78 is 19.7. The highest BCUT2D eigenvalue weighted by Crippen LogP contribution is 2.33. The predicted octanol–water partition coefficient (Wildman–Crippen LogP) is 1.70. The van der Waals surface area contributed by atoms with Gasteiger partial charge in [0.1, 0.15) is 0 Å². The van der Waals surface area contributed by atoms with E-state index in [1.54, 1.807) is 18.2 Å². The van der Waals surface area contributed by atoms with Crippen LogP contribution >= 0.6 is 0 Å². The topological polar surface area (TPSA) is 71.1 Å². The van der Waals surface area contributed by atoms with Gasteiger partial charge in [0.05, 0.1) is 25.4 Å². The van der Waals surface area contributed by atoms with Gasteiger partial charge in [-0.3, -0.25) is 0 Å². The van der Waals surface area contributed by atoms with Crippen LogP contribution in [0, 0.1) is 0 Å². The van der Waals surface area contributed by atoms with Crippen molar-refractivity contribution in [1.29, 1.82) is 0 Å². The highest BCUT2D eigenvalue weighted by atomic mass is 16.7. The number of methoxy groups -OCH3 is 2. The highest BCUT2D eigenvalue weighted by Gasteiger charge is 2.21. The Labute approximate surface area is 121 Å². The molecule has 6 nitrogen and oxygen atoms in total. The van der Waals surface area contributed by atoms with Crippen molar-refractivity contribution in [2.24, 2.45) is 0 Å². The first-order valence-corrected chi connectivity index (χ1v) is 6.04. The first-order valence-electron chi connectivity index (χ1n) is 6.04. The van der Waals surface area contributed by atoms with E-state index >= 15 is 0 Å². The molecule has 0 saturated heterocycles. The lowest BCUT2D eigenvalue weighted by molar-refractivity contribution is -0.139. The molecule has 2 rings (SSSR count). The first-order chi connectivity index (χ1) is 10.1. The molecule has 6 heteroatoms. The summed E-state index contributed by atoms with van der Waals surface area (Å²) in [6.45, 7) is 3.72. The summed E-state index contributed by atoms with van der Waals surface area (Å²) in [5.41, 5.74) is 0.579. The Hall–Kier alpha value is -2.76. The predicted molar refractivity (Wildman–Crippen MR) is 73.7 cm³/mol. The van der Waals surface area contributed by atoms with Crippen LogP contribution in [0.25, 0.3) is 6.08 Å². The Bertz CT molecular complexity index is 629. The molecule has 0 fully saturated rings. The number of esters is 2. The Morgan fingerprint density at radius 2 is 1.81 bits per heavy atom. The van der Waals surface area contributed by atoms with Crippen molar-refractivity contribution in [3.63, 3.8) is 0 Å². The van der Waals surface area contributed by atoms with Crippen LogP contribution in [0.2, 0.25) is 0 Å². The second-order valence-electron chi connectivity index (χ2n) is 4.13. The van der Waals surface area contributed by atoms with Crippen molar-refractivity contribution in [2.45, 2.75) is 0 Å². The molecule has 1 aliphatic heterocycles. The summed E-state index contributed by atoms with van der Waals surface area (Å²) >= 11 is 0. The Kier molecular flexibility index (Phi) is 4.27. The number of benzene rings is 1. The van der Waals surface area contributed by atoms with Crippen molar-refractivity contribution < 1.29 is 28.5 Å². The van der Waals surface area contributed by atoms with E-state index in [0.717, 1.165) is 0 Å². The van der Waals surface area contributed by atoms with Gasteiger partial charge in [0.15, 0.2) is 11.5 Å². The molecule has 1 heterocycles. The molecule has 21 heavy (non-hydrogen) atoms. The Balaban J connectivity index is 2.38. The van der Waals surface area contributed by atoms with Gasteiger partial charge in [-0.25, -0.2) is 9.59 Å². The molecule has 0 aromatic heterocycles. The monoisotopic (exact) mass is 290 g/mol. The fraction of sp³-hybridized carbons (Fsp3) is 0.200. The van der Waals surface area contributed by atoms with Gasteiger partial charge >= 0.3 is 11.9 Å². The van der Waals surface area contributed by atoms with Gasteiger partial charge in [-0.05, 0) is 23.8 Å². The number of rotatable bonds is 4. The lowest BCUT2D eigenvalue weighted by Gasteiger charge is -2.07. The van der Waals surface area contributed by atoms with Crippen LogP contribution in [0.15, 0.2) is 35.9 Å². The Morgan fingerprint density at radius 3 is 2.48 bits per heavy atom. The largest absolute Gasteiger partial charge is 0.465 e. The van der Waals surface area contributed by atoms with E-state index in [9.17, 15) is 9.59 Å². The van der Waals surface area contributed by atoms with Crippen molar-refractivity contribution in [2.75, 3.05) is 21.0 Å². The van der Waals surface area contributed by atoms with E-state index in [2.05, 4.69) is 16.1 Å². The molecule has 0 unspecified atom stereocenters. The van der Waals surface area contributed by atoms with Crippen molar-refractivity contribution in [3.8, 4) is 11.5 Å². The van der Waals surface area contributed by atoms with Gasteiger partial charge in [0.25, 0.3) is 0 Å². The summed E-state index contributed by atoms with van der Waals surface area (Å²) in [6.07, 6.45) is 1.48. The zero-order valence-corrected chi connectivity index (χ0v) is 11.7. The molecule has 0 bridgehead atoms. The standard InChI is InChI=1S/C15H14O6/c1-9(14(16)18-2)11(15(17)19-3)6-10-4-5-12-13(7-10)21-8-20-12/h4-7H,1,8H2,2-3H3/b11-6+. The molecule has 0 amide bonds. The maximum atomic E-state index is 11.8. The van der Waals surface area contributed by atoms with Gasteiger partial charge in [0, 0.05) is 0 Å².